The summed E-state index contributed by atoms with van der Waals surface area (Å²) in [7, 11) is 0. The molecule has 0 spiro atoms. The molecular formula is C11H11ClF3NO. The van der Waals surface area contributed by atoms with Gasteiger partial charge in [0.2, 0.25) is 0 Å². The van der Waals surface area contributed by atoms with Gasteiger partial charge in [-0.1, -0.05) is 17.7 Å². The molecule has 0 fully saturated rings. The summed E-state index contributed by atoms with van der Waals surface area (Å²) >= 11 is 5.74. The predicted molar refractivity (Wildman–Crippen MR) is 59.0 cm³/mol. The molecule has 0 saturated carbocycles. The van der Waals surface area contributed by atoms with E-state index < -0.39 is 12.1 Å². The zero-order chi connectivity index (χ0) is 13.1. The molecule has 0 aliphatic rings. The average molecular weight is 266 g/mol. The van der Waals surface area contributed by atoms with Crippen LogP contribution >= 0.6 is 11.6 Å². The van der Waals surface area contributed by atoms with Crippen molar-refractivity contribution >= 4 is 17.5 Å². The minimum absolute atomic E-state index is 0.0547. The van der Waals surface area contributed by atoms with Crippen LogP contribution in [-0.2, 0) is 11.2 Å². The largest absolute Gasteiger partial charge is 0.471 e. The molecule has 6 heteroatoms. The van der Waals surface area contributed by atoms with Crippen molar-refractivity contribution in [1.29, 1.82) is 0 Å². The number of alkyl halides is 3. The Hall–Kier alpha value is -1.23. The summed E-state index contributed by atoms with van der Waals surface area (Å²) in [5, 5.41) is 2.39. The second-order valence-electron chi connectivity index (χ2n) is 3.57. The summed E-state index contributed by atoms with van der Waals surface area (Å²) < 4.78 is 35.6. The lowest BCUT2D eigenvalue weighted by Gasteiger charge is -2.09. The van der Waals surface area contributed by atoms with Gasteiger partial charge in [-0.3, -0.25) is 4.79 Å². The lowest BCUT2D eigenvalue weighted by atomic mass is 10.1. The van der Waals surface area contributed by atoms with Crippen molar-refractivity contribution in [3.05, 3.63) is 34.3 Å². The van der Waals surface area contributed by atoms with E-state index in [1.807, 2.05) is 12.2 Å². The van der Waals surface area contributed by atoms with Crippen molar-refractivity contribution in [2.45, 2.75) is 19.5 Å². The number of hydrogen-bond donors (Lipinski definition) is 1. The predicted octanol–water partition coefficient (Wildman–Crippen LogP) is 2.87. The fourth-order valence-electron chi connectivity index (χ4n) is 1.35. The molecule has 1 rings (SSSR count). The average Bonchev–Trinajstić information content (AvgIpc) is 2.19. The Bertz CT molecular complexity index is 418. The van der Waals surface area contributed by atoms with Crippen molar-refractivity contribution in [3.8, 4) is 0 Å². The molecule has 0 aromatic heterocycles. The summed E-state index contributed by atoms with van der Waals surface area (Å²) in [4.78, 5) is 10.5. The van der Waals surface area contributed by atoms with Gasteiger partial charge in [-0.15, -0.1) is 0 Å². The minimum Gasteiger partial charge on any atom is -0.348 e. The summed E-state index contributed by atoms with van der Waals surface area (Å²) in [5.41, 5.74) is 1.75. The van der Waals surface area contributed by atoms with E-state index in [-0.39, 0.29) is 6.54 Å². The monoisotopic (exact) mass is 265 g/mol. The number of amides is 1. The van der Waals surface area contributed by atoms with Gasteiger partial charge < -0.3 is 5.32 Å². The molecule has 94 valence electrons. The minimum atomic E-state index is -4.82. The second kappa shape index (κ2) is 5.40. The molecule has 1 amide bonds. The highest BCUT2D eigenvalue weighted by molar-refractivity contribution is 6.30. The smallest absolute Gasteiger partial charge is 0.348 e. The molecule has 0 bridgehead atoms. The maximum Gasteiger partial charge on any atom is 0.471 e. The zero-order valence-electron chi connectivity index (χ0n) is 9.07. The molecule has 2 nitrogen and oxygen atoms in total. The summed E-state index contributed by atoms with van der Waals surface area (Å²) in [5.74, 6) is -1.91. The Morgan fingerprint density at radius 1 is 1.41 bits per heavy atom. The van der Waals surface area contributed by atoms with Gasteiger partial charge in [0.15, 0.2) is 0 Å². The Labute approximate surface area is 102 Å². The first kappa shape index (κ1) is 13.8. The van der Waals surface area contributed by atoms with Crippen molar-refractivity contribution in [2.24, 2.45) is 0 Å². The fraction of sp³-hybridized carbons (Fsp3) is 0.364. The standard InChI is InChI=1S/C11H11ClF3NO/c1-7-6-9(12)3-2-8(7)4-5-16-10(17)11(13,14)15/h2-3,6H,4-5H2,1H3,(H,16,17). The fourth-order valence-corrected chi connectivity index (χ4v) is 1.58. The molecule has 0 aliphatic carbocycles. The third-order valence-corrected chi connectivity index (χ3v) is 2.48. The highest BCUT2D eigenvalue weighted by Crippen LogP contribution is 2.16. The lowest BCUT2D eigenvalue weighted by molar-refractivity contribution is -0.173. The number of halogens is 4. The van der Waals surface area contributed by atoms with E-state index in [1.165, 1.54) is 0 Å². The number of benzene rings is 1. The highest BCUT2D eigenvalue weighted by atomic mass is 35.5. The van der Waals surface area contributed by atoms with E-state index in [1.54, 1.807) is 18.2 Å². The zero-order valence-corrected chi connectivity index (χ0v) is 9.82. The van der Waals surface area contributed by atoms with Crippen LogP contribution in [-0.4, -0.2) is 18.6 Å². The summed E-state index contributed by atoms with van der Waals surface area (Å²) in [6.45, 7) is 1.76. The van der Waals surface area contributed by atoms with Crippen LogP contribution in [0.2, 0.25) is 5.02 Å². The lowest BCUT2D eigenvalue weighted by Crippen LogP contribution is -2.37. The third-order valence-electron chi connectivity index (χ3n) is 2.24. The Morgan fingerprint density at radius 2 is 2.06 bits per heavy atom. The van der Waals surface area contributed by atoms with Crippen LogP contribution in [0.4, 0.5) is 13.2 Å². The van der Waals surface area contributed by atoms with Gasteiger partial charge in [0.1, 0.15) is 0 Å². The van der Waals surface area contributed by atoms with E-state index in [2.05, 4.69) is 0 Å². The summed E-state index contributed by atoms with van der Waals surface area (Å²) in [6, 6.07) is 5.12. The van der Waals surface area contributed by atoms with Crippen molar-refractivity contribution in [3.63, 3.8) is 0 Å². The van der Waals surface area contributed by atoms with Crippen molar-refractivity contribution in [2.75, 3.05) is 6.54 Å². The maximum absolute atomic E-state index is 11.9. The number of rotatable bonds is 3. The number of hydrogen-bond acceptors (Lipinski definition) is 1. The van der Waals surface area contributed by atoms with Crippen molar-refractivity contribution < 1.29 is 18.0 Å². The van der Waals surface area contributed by atoms with E-state index >= 15 is 0 Å². The van der Waals surface area contributed by atoms with E-state index in [0.29, 0.717) is 11.4 Å². The van der Waals surface area contributed by atoms with Gasteiger partial charge in [-0.25, -0.2) is 0 Å². The van der Waals surface area contributed by atoms with Crippen LogP contribution in [0.5, 0.6) is 0 Å². The van der Waals surface area contributed by atoms with Gasteiger partial charge in [0.25, 0.3) is 0 Å². The first-order valence-electron chi connectivity index (χ1n) is 4.91. The van der Waals surface area contributed by atoms with Gasteiger partial charge >= 0.3 is 12.1 Å². The Balaban J connectivity index is 2.49. The van der Waals surface area contributed by atoms with Crippen LogP contribution < -0.4 is 5.32 Å². The molecule has 1 N–H and O–H groups in total. The van der Waals surface area contributed by atoms with Crippen LogP contribution in [0.25, 0.3) is 0 Å². The second-order valence-corrected chi connectivity index (χ2v) is 4.01. The van der Waals surface area contributed by atoms with Crippen LogP contribution in [0, 0.1) is 6.92 Å². The van der Waals surface area contributed by atoms with Crippen LogP contribution in [0.15, 0.2) is 18.2 Å². The molecule has 1 aromatic rings. The first-order valence-corrected chi connectivity index (χ1v) is 5.28. The molecular weight excluding hydrogens is 255 g/mol. The van der Waals surface area contributed by atoms with E-state index in [4.69, 9.17) is 11.6 Å². The van der Waals surface area contributed by atoms with Crippen LogP contribution in [0.3, 0.4) is 0 Å². The van der Waals surface area contributed by atoms with Gasteiger partial charge in [-0.2, -0.15) is 13.2 Å². The number of aryl methyl sites for hydroxylation is 1. The molecule has 0 atom stereocenters. The molecule has 1 aromatic carbocycles. The van der Waals surface area contributed by atoms with Crippen molar-refractivity contribution in [1.82, 2.24) is 5.32 Å². The Kier molecular flexibility index (Phi) is 4.40. The van der Waals surface area contributed by atoms with E-state index in [0.717, 1.165) is 11.1 Å². The first-order chi connectivity index (χ1) is 7.80. The highest BCUT2D eigenvalue weighted by Gasteiger charge is 2.38. The normalized spacial score (nSPS) is 11.4. The maximum atomic E-state index is 11.9. The molecule has 17 heavy (non-hydrogen) atoms. The molecule has 0 unspecified atom stereocenters. The van der Waals surface area contributed by atoms with E-state index in [9.17, 15) is 18.0 Å². The quantitative estimate of drug-likeness (QED) is 0.895. The SMILES string of the molecule is Cc1cc(Cl)ccc1CCNC(=O)C(F)(F)F. The van der Waals surface area contributed by atoms with Gasteiger partial charge in [-0.05, 0) is 36.6 Å². The van der Waals surface area contributed by atoms with Crippen LogP contribution in [0.1, 0.15) is 11.1 Å². The number of carbonyl (C=O) groups is 1. The molecule has 0 saturated heterocycles. The topological polar surface area (TPSA) is 29.1 Å². The Morgan fingerprint density at radius 3 is 2.59 bits per heavy atom. The van der Waals surface area contributed by atoms with Gasteiger partial charge in [0, 0.05) is 11.6 Å². The third kappa shape index (κ3) is 4.26. The summed E-state index contributed by atoms with van der Waals surface area (Å²) in [6.07, 6.45) is -4.49. The number of carbonyl (C=O) groups excluding carboxylic acids is 1. The number of nitrogens with one attached hydrogen (secondary N) is 1. The molecule has 0 radical (unpaired) electrons. The van der Waals surface area contributed by atoms with Gasteiger partial charge in [0.05, 0.1) is 0 Å². The molecule has 0 aliphatic heterocycles. The molecule has 0 heterocycles.